The van der Waals surface area contributed by atoms with E-state index in [0.29, 0.717) is 10.9 Å². The number of hydrogen-bond donors (Lipinski definition) is 1. The summed E-state index contributed by atoms with van der Waals surface area (Å²) in [4.78, 5) is 36.8. The van der Waals surface area contributed by atoms with Crippen LogP contribution in [0.15, 0.2) is 18.2 Å². The lowest BCUT2D eigenvalue weighted by Gasteiger charge is -2.20. The van der Waals surface area contributed by atoms with E-state index in [4.69, 9.17) is 4.74 Å². The third-order valence-electron chi connectivity index (χ3n) is 4.90. The highest BCUT2D eigenvalue weighted by molar-refractivity contribution is 6.14. The molecular formula is C19H21NO5. The molecule has 1 N–H and O–H groups in total. The highest BCUT2D eigenvalue weighted by Crippen LogP contribution is 2.37. The summed E-state index contributed by atoms with van der Waals surface area (Å²) >= 11 is 0. The van der Waals surface area contributed by atoms with Crippen molar-refractivity contribution in [2.24, 2.45) is 5.92 Å². The molecule has 0 amide bonds. The Balaban J connectivity index is 2.20. The van der Waals surface area contributed by atoms with Crippen LogP contribution in [0.2, 0.25) is 0 Å². The fourth-order valence-electron chi connectivity index (χ4n) is 3.65. The first kappa shape index (κ1) is 17.2. The van der Waals surface area contributed by atoms with Gasteiger partial charge in [-0.1, -0.05) is 19.3 Å². The Morgan fingerprint density at radius 2 is 1.84 bits per heavy atom. The fourth-order valence-corrected chi connectivity index (χ4v) is 3.65. The Labute approximate surface area is 145 Å². The average molecular weight is 343 g/mol. The largest absolute Gasteiger partial charge is 0.494 e. The first-order valence-corrected chi connectivity index (χ1v) is 8.46. The van der Waals surface area contributed by atoms with Crippen molar-refractivity contribution < 1.29 is 24.2 Å². The number of hydrogen-bond acceptors (Lipinski definition) is 5. The maximum atomic E-state index is 13.0. The van der Waals surface area contributed by atoms with E-state index in [2.05, 4.69) is 0 Å². The van der Waals surface area contributed by atoms with E-state index in [0.717, 1.165) is 36.7 Å². The molecule has 0 spiro atoms. The van der Waals surface area contributed by atoms with Crippen LogP contribution in [0.4, 0.5) is 0 Å². The van der Waals surface area contributed by atoms with E-state index in [1.54, 1.807) is 6.07 Å². The standard InChI is InChI=1S/C19H21NO5/c1-11(21)20-15-9-8-13(19(24)25-2)10-14(15)16(18(20)23)17(22)12-6-4-3-5-7-12/h8-10,12,23H,3-7H2,1-2H3. The van der Waals surface area contributed by atoms with Crippen LogP contribution in [0.3, 0.4) is 0 Å². The Kier molecular flexibility index (Phi) is 4.61. The van der Waals surface area contributed by atoms with Gasteiger partial charge in [0, 0.05) is 18.2 Å². The summed E-state index contributed by atoms with van der Waals surface area (Å²) in [5.74, 6) is -1.60. The van der Waals surface area contributed by atoms with Gasteiger partial charge in [-0.3, -0.25) is 14.2 Å². The molecule has 0 saturated heterocycles. The lowest BCUT2D eigenvalue weighted by atomic mass is 9.83. The van der Waals surface area contributed by atoms with Gasteiger partial charge in [0.05, 0.1) is 23.8 Å². The van der Waals surface area contributed by atoms with Gasteiger partial charge in [-0.25, -0.2) is 4.79 Å². The van der Waals surface area contributed by atoms with Crippen LogP contribution in [-0.4, -0.2) is 34.4 Å². The third kappa shape index (κ3) is 2.92. The molecule has 0 radical (unpaired) electrons. The summed E-state index contributed by atoms with van der Waals surface area (Å²) in [6.07, 6.45) is 4.63. The topological polar surface area (TPSA) is 85.6 Å². The number of carbonyl (C=O) groups excluding carboxylic acids is 3. The van der Waals surface area contributed by atoms with Crippen LogP contribution in [0, 0.1) is 5.92 Å². The van der Waals surface area contributed by atoms with Gasteiger partial charge in [0.2, 0.25) is 11.8 Å². The number of aromatic hydroxyl groups is 1. The quantitative estimate of drug-likeness (QED) is 0.680. The second-order valence-electron chi connectivity index (χ2n) is 6.48. The zero-order valence-electron chi connectivity index (χ0n) is 14.4. The van der Waals surface area contributed by atoms with Crippen molar-refractivity contribution in [3.63, 3.8) is 0 Å². The van der Waals surface area contributed by atoms with Crippen molar-refractivity contribution in [3.05, 3.63) is 29.3 Å². The number of carbonyl (C=O) groups is 3. The molecule has 6 nitrogen and oxygen atoms in total. The average Bonchev–Trinajstić information content (AvgIpc) is 2.92. The molecule has 0 unspecified atom stereocenters. The zero-order chi connectivity index (χ0) is 18.1. The Bertz CT molecular complexity index is 858. The molecular weight excluding hydrogens is 322 g/mol. The molecule has 25 heavy (non-hydrogen) atoms. The number of nitrogens with zero attached hydrogens (tertiary/aromatic N) is 1. The molecule has 1 aromatic carbocycles. The van der Waals surface area contributed by atoms with Gasteiger partial charge < -0.3 is 9.84 Å². The van der Waals surface area contributed by atoms with Crippen LogP contribution in [-0.2, 0) is 4.74 Å². The van der Waals surface area contributed by atoms with Gasteiger partial charge in [0.15, 0.2) is 5.78 Å². The molecule has 0 atom stereocenters. The first-order chi connectivity index (χ1) is 12.0. The second-order valence-corrected chi connectivity index (χ2v) is 6.48. The van der Waals surface area contributed by atoms with Crippen LogP contribution < -0.4 is 0 Å². The predicted octanol–water partition coefficient (Wildman–Crippen LogP) is 3.56. The zero-order valence-corrected chi connectivity index (χ0v) is 14.4. The molecule has 1 saturated carbocycles. The van der Waals surface area contributed by atoms with Crippen LogP contribution in [0.1, 0.15) is 64.5 Å². The SMILES string of the molecule is COC(=O)c1ccc2c(c1)c(C(=O)C1CCCCC1)c(O)n2C(C)=O. The van der Waals surface area contributed by atoms with Crippen molar-refractivity contribution in [1.82, 2.24) is 4.57 Å². The normalized spacial score (nSPS) is 15.3. The lowest BCUT2D eigenvalue weighted by Crippen LogP contribution is -2.18. The number of rotatable bonds is 3. The van der Waals surface area contributed by atoms with Crippen LogP contribution in [0.25, 0.3) is 10.9 Å². The van der Waals surface area contributed by atoms with Crippen molar-refractivity contribution in [2.75, 3.05) is 7.11 Å². The summed E-state index contributed by atoms with van der Waals surface area (Å²) in [6.45, 7) is 1.32. The Morgan fingerprint density at radius 1 is 1.16 bits per heavy atom. The van der Waals surface area contributed by atoms with Crippen LogP contribution >= 0.6 is 0 Å². The molecule has 2 aromatic rings. The van der Waals surface area contributed by atoms with Gasteiger partial charge in [-0.2, -0.15) is 0 Å². The number of Topliss-reactive ketones (excluding diaryl/α,β-unsaturated/α-hetero) is 1. The summed E-state index contributed by atoms with van der Waals surface area (Å²) in [5.41, 5.74) is 0.813. The molecule has 1 heterocycles. The number of esters is 1. The number of aromatic nitrogens is 1. The monoisotopic (exact) mass is 343 g/mol. The van der Waals surface area contributed by atoms with E-state index in [-0.39, 0.29) is 28.7 Å². The van der Waals surface area contributed by atoms with E-state index in [9.17, 15) is 19.5 Å². The molecule has 132 valence electrons. The minimum atomic E-state index is -0.534. The molecule has 0 aliphatic heterocycles. The Hall–Kier alpha value is -2.63. The van der Waals surface area contributed by atoms with Gasteiger partial charge in [0.1, 0.15) is 0 Å². The van der Waals surface area contributed by atoms with Crippen molar-refractivity contribution in [1.29, 1.82) is 0 Å². The number of fused-ring (bicyclic) bond motifs is 1. The Morgan fingerprint density at radius 3 is 2.44 bits per heavy atom. The van der Waals surface area contributed by atoms with E-state index < -0.39 is 11.9 Å². The summed E-state index contributed by atoms with van der Waals surface area (Å²) in [6, 6.07) is 4.58. The predicted molar refractivity (Wildman–Crippen MR) is 92.1 cm³/mol. The molecule has 1 aromatic heterocycles. The molecule has 3 rings (SSSR count). The number of methoxy groups -OCH3 is 1. The lowest BCUT2D eigenvalue weighted by molar-refractivity contribution is 0.0600. The number of ether oxygens (including phenoxy) is 1. The molecule has 1 aliphatic carbocycles. The number of benzene rings is 1. The molecule has 0 bridgehead atoms. The molecule has 1 aliphatic rings. The van der Waals surface area contributed by atoms with E-state index >= 15 is 0 Å². The summed E-state index contributed by atoms with van der Waals surface area (Å²) in [5, 5.41) is 11.0. The highest BCUT2D eigenvalue weighted by Gasteiger charge is 2.30. The summed E-state index contributed by atoms with van der Waals surface area (Å²) in [7, 11) is 1.28. The maximum Gasteiger partial charge on any atom is 0.337 e. The highest BCUT2D eigenvalue weighted by atomic mass is 16.5. The van der Waals surface area contributed by atoms with E-state index in [1.165, 1.54) is 26.2 Å². The van der Waals surface area contributed by atoms with Crippen molar-refractivity contribution in [2.45, 2.75) is 39.0 Å². The van der Waals surface area contributed by atoms with Gasteiger partial charge in [-0.15, -0.1) is 0 Å². The van der Waals surface area contributed by atoms with Gasteiger partial charge in [0.25, 0.3) is 0 Å². The first-order valence-electron chi connectivity index (χ1n) is 8.46. The fraction of sp³-hybridized carbons (Fsp3) is 0.421. The van der Waals surface area contributed by atoms with Crippen molar-refractivity contribution >= 4 is 28.6 Å². The van der Waals surface area contributed by atoms with Gasteiger partial charge in [-0.05, 0) is 31.0 Å². The second kappa shape index (κ2) is 6.70. The minimum Gasteiger partial charge on any atom is -0.494 e. The van der Waals surface area contributed by atoms with Gasteiger partial charge >= 0.3 is 5.97 Å². The third-order valence-corrected chi connectivity index (χ3v) is 4.90. The van der Waals surface area contributed by atoms with Crippen LogP contribution in [0.5, 0.6) is 5.88 Å². The molecule has 1 fully saturated rings. The molecule has 6 heteroatoms. The minimum absolute atomic E-state index is 0.128. The number of ketones is 1. The van der Waals surface area contributed by atoms with E-state index in [1.807, 2.05) is 0 Å². The summed E-state index contributed by atoms with van der Waals surface area (Å²) < 4.78 is 5.84. The maximum absolute atomic E-state index is 13.0. The smallest absolute Gasteiger partial charge is 0.337 e. The van der Waals surface area contributed by atoms with Crippen molar-refractivity contribution in [3.8, 4) is 5.88 Å².